The number of amides is 2. The van der Waals surface area contributed by atoms with E-state index in [2.05, 4.69) is 10.6 Å². The largest absolute Gasteiger partial charge is 0.349 e. The Balaban J connectivity index is 1.80. The van der Waals surface area contributed by atoms with Gasteiger partial charge in [-0.25, -0.2) is 0 Å². The lowest BCUT2D eigenvalue weighted by atomic mass is 10.3. The van der Waals surface area contributed by atoms with Gasteiger partial charge in [-0.05, 0) is 31.2 Å². The Morgan fingerprint density at radius 2 is 1.57 bits per heavy atom. The molecule has 2 amide bonds. The second kappa shape index (κ2) is 7.26. The fraction of sp³-hybridized carbons (Fsp3) is 0.231. The maximum Gasteiger partial charge on any atom is 0.261 e. The summed E-state index contributed by atoms with van der Waals surface area (Å²) < 4.78 is 1.13. The molecule has 0 aliphatic carbocycles. The van der Waals surface area contributed by atoms with E-state index < -0.39 is 0 Å². The molecule has 21 heavy (non-hydrogen) atoms. The summed E-state index contributed by atoms with van der Waals surface area (Å²) in [5.41, 5.74) is 0. The molecule has 0 saturated heterocycles. The Labute approximate surface area is 140 Å². The van der Waals surface area contributed by atoms with Gasteiger partial charge in [0.1, 0.15) is 0 Å². The van der Waals surface area contributed by atoms with Gasteiger partial charge in [-0.1, -0.05) is 23.2 Å². The van der Waals surface area contributed by atoms with Crippen molar-refractivity contribution in [2.45, 2.75) is 13.0 Å². The fourth-order valence-electron chi connectivity index (χ4n) is 1.55. The third kappa shape index (κ3) is 4.71. The lowest BCUT2D eigenvalue weighted by Crippen LogP contribution is -2.41. The van der Waals surface area contributed by atoms with Crippen LogP contribution in [0.4, 0.5) is 0 Å². The molecule has 0 aliphatic rings. The van der Waals surface area contributed by atoms with E-state index in [1.165, 1.54) is 22.7 Å². The quantitative estimate of drug-likeness (QED) is 0.852. The average Bonchev–Trinajstić information content (AvgIpc) is 3.04. The third-order valence-corrected chi connectivity index (χ3v) is 5.00. The van der Waals surface area contributed by atoms with Crippen molar-refractivity contribution in [2.24, 2.45) is 0 Å². The van der Waals surface area contributed by atoms with Crippen molar-refractivity contribution in [1.29, 1.82) is 0 Å². The third-order valence-electron chi connectivity index (χ3n) is 2.54. The summed E-state index contributed by atoms with van der Waals surface area (Å²) in [7, 11) is 0. The van der Waals surface area contributed by atoms with Gasteiger partial charge in [0, 0.05) is 12.6 Å². The summed E-state index contributed by atoms with van der Waals surface area (Å²) in [6.07, 6.45) is 0. The van der Waals surface area contributed by atoms with Gasteiger partial charge in [0.15, 0.2) is 0 Å². The van der Waals surface area contributed by atoms with Crippen LogP contribution in [0.2, 0.25) is 8.67 Å². The van der Waals surface area contributed by atoms with Crippen LogP contribution in [-0.4, -0.2) is 24.4 Å². The zero-order valence-corrected chi connectivity index (χ0v) is 14.1. The molecular weight excluding hydrogens is 351 g/mol. The van der Waals surface area contributed by atoms with Crippen LogP contribution < -0.4 is 10.6 Å². The number of carbonyl (C=O) groups is 2. The van der Waals surface area contributed by atoms with Crippen LogP contribution in [-0.2, 0) is 0 Å². The van der Waals surface area contributed by atoms with E-state index in [9.17, 15) is 9.59 Å². The van der Waals surface area contributed by atoms with Crippen LogP contribution in [0.15, 0.2) is 24.3 Å². The van der Waals surface area contributed by atoms with Crippen LogP contribution >= 0.6 is 45.9 Å². The number of hydrogen-bond donors (Lipinski definition) is 2. The zero-order valence-electron chi connectivity index (χ0n) is 11.0. The molecule has 0 fully saturated rings. The molecule has 1 atom stereocenters. The fourth-order valence-corrected chi connectivity index (χ4v) is 3.46. The van der Waals surface area contributed by atoms with Gasteiger partial charge >= 0.3 is 0 Å². The molecule has 2 rings (SSSR count). The molecule has 0 spiro atoms. The molecule has 2 aromatic heterocycles. The zero-order chi connectivity index (χ0) is 15.4. The molecule has 4 nitrogen and oxygen atoms in total. The lowest BCUT2D eigenvalue weighted by molar-refractivity contribution is 0.0916. The van der Waals surface area contributed by atoms with Crippen molar-refractivity contribution in [3.05, 3.63) is 42.7 Å². The normalized spacial score (nSPS) is 12.0. The molecule has 2 aromatic rings. The van der Waals surface area contributed by atoms with Crippen molar-refractivity contribution >= 4 is 57.7 Å². The Kier molecular flexibility index (Phi) is 5.64. The molecule has 2 N–H and O–H groups in total. The first-order valence-corrected chi connectivity index (χ1v) is 8.44. The summed E-state index contributed by atoms with van der Waals surface area (Å²) in [5, 5.41) is 5.55. The maximum atomic E-state index is 11.9. The van der Waals surface area contributed by atoms with Crippen molar-refractivity contribution in [2.75, 3.05) is 6.54 Å². The second-order valence-corrected chi connectivity index (χ2v) is 7.72. The molecule has 0 bridgehead atoms. The Morgan fingerprint density at radius 1 is 1.05 bits per heavy atom. The number of hydrogen-bond acceptors (Lipinski definition) is 4. The molecule has 2 heterocycles. The highest BCUT2D eigenvalue weighted by atomic mass is 35.5. The van der Waals surface area contributed by atoms with Gasteiger partial charge in [0.05, 0.1) is 18.4 Å². The van der Waals surface area contributed by atoms with Crippen LogP contribution in [0.3, 0.4) is 0 Å². The van der Waals surface area contributed by atoms with Crippen LogP contribution in [0.25, 0.3) is 0 Å². The van der Waals surface area contributed by atoms with Gasteiger partial charge in [-0.3, -0.25) is 9.59 Å². The molecule has 0 radical (unpaired) electrons. The Morgan fingerprint density at radius 3 is 2.05 bits per heavy atom. The highest BCUT2D eigenvalue weighted by Gasteiger charge is 2.14. The summed E-state index contributed by atoms with van der Waals surface area (Å²) in [5.74, 6) is -0.403. The number of thiophene rings is 2. The van der Waals surface area contributed by atoms with E-state index in [4.69, 9.17) is 23.2 Å². The SMILES string of the molecule is CC(CNC(=O)c1ccc(Cl)s1)NC(=O)c1ccc(Cl)s1. The van der Waals surface area contributed by atoms with Crippen LogP contribution in [0.5, 0.6) is 0 Å². The second-order valence-electron chi connectivity index (χ2n) is 4.29. The molecule has 1 unspecified atom stereocenters. The van der Waals surface area contributed by atoms with Gasteiger partial charge < -0.3 is 10.6 Å². The van der Waals surface area contributed by atoms with Gasteiger partial charge in [0.25, 0.3) is 11.8 Å². The minimum atomic E-state index is -0.202. The topological polar surface area (TPSA) is 58.2 Å². The maximum absolute atomic E-state index is 11.9. The Hall–Kier alpha value is -1.08. The van der Waals surface area contributed by atoms with Crippen LogP contribution in [0, 0.1) is 0 Å². The van der Waals surface area contributed by atoms with Gasteiger partial charge in [-0.15, -0.1) is 22.7 Å². The first-order chi connectivity index (χ1) is 9.95. The number of carbonyl (C=O) groups excluding carboxylic acids is 2. The minimum absolute atomic E-state index is 0.197. The van der Waals surface area contributed by atoms with Crippen molar-refractivity contribution in [3.63, 3.8) is 0 Å². The number of halogens is 2. The lowest BCUT2D eigenvalue weighted by Gasteiger charge is -2.13. The number of nitrogens with one attached hydrogen (secondary N) is 2. The first kappa shape index (κ1) is 16.3. The first-order valence-electron chi connectivity index (χ1n) is 6.05. The minimum Gasteiger partial charge on any atom is -0.349 e. The van der Waals surface area contributed by atoms with E-state index >= 15 is 0 Å². The number of rotatable bonds is 5. The van der Waals surface area contributed by atoms with E-state index in [0.717, 1.165) is 0 Å². The summed E-state index contributed by atoms with van der Waals surface area (Å²) in [6.45, 7) is 2.15. The van der Waals surface area contributed by atoms with Crippen molar-refractivity contribution in [3.8, 4) is 0 Å². The van der Waals surface area contributed by atoms with Gasteiger partial charge in [-0.2, -0.15) is 0 Å². The molecule has 8 heteroatoms. The highest BCUT2D eigenvalue weighted by Crippen LogP contribution is 2.22. The monoisotopic (exact) mass is 362 g/mol. The molecule has 112 valence electrons. The summed E-state index contributed by atoms with van der Waals surface area (Å²) in [4.78, 5) is 24.8. The molecular formula is C13H12Cl2N2O2S2. The molecule has 0 aromatic carbocycles. The smallest absolute Gasteiger partial charge is 0.261 e. The van der Waals surface area contributed by atoms with E-state index in [-0.39, 0.29) is 17.9 Å². The molecule has 0 saturated carbocycles. The molecule has 0 aliphatic heterocycles. The average molecular weight is 363 g/mol. The predicted octanol–water partition coefficient (Wildman–Crippen LogP) is 3.66. The standard InChI is InChI=1S/C13H12Cl2N2O2S2/c1-7(17-13(19)9-3-5-11(15)21-9)6-16-12(18)8-2-4-10(14)20-8/h2-5,7H,6H2,1H3,(H,16,18)(H,17,19). The summed E-state index contributed by atoms with van der Waals surface area (Å²) in [6, 6.07) is 6.49. The Bertz CT molecular complexity index is 654. The van der Waals surface area contributed by atoms with Crippen molar-refractivity contribution < 1.29 is 9.59 Å². The van der Waals surface area contributed by atoms with Crippen LogP contribution in [0.1, 0.15) is 26.3 Å². The van der Waals surface area contributed by atoms with E-state index in [1.54, 1.807) is 24.3 Å². The summed E-state index contributed by atoms with van der Waals surface area (Å²) >= 11 is 14.0. The van der Waals surface area contributed by atoms with Crippen molar-refractivity contribution in [1.82, 2.24) is 10.6 Å². The highest BCUT2D eigenvalue weighted by molar-refractivity contribution is 7.18. The van der Waals surface area contributed by atoms with E-state index in [1.807, 2.05) is 6.92 Å². The van der Waals surface area contributed by atoms with E-state index in [0.29, 0.717) is 25.0 Å². The van der Waals surface area contributed by atoms with Gasteiger partial charge in [0.2, 0.25) is 0 Å². The predicted molar refractivity (Wildman–Crippen MR) is 87.9 cm³/mol.